The van der Waals surface area contributed by atoms with Crippen molar-refractivity contribution in [1.82, 2.24) is 9.13 Å². The average molecular weight is 370 g/mol. The molecule has 1 N–H and O–H groups in total. The van der Waals surface area contributed by atoms with E-state index in [2.05, 4.69) is 5.32 Å². The van der Waals surface area contributed by atoms with Gasteiger partial charge in [0, 0.05) is 17.3 Å². The molecule has 0 atom stereocenters. The van der Waals surface area contributed by atoms with Gasteiger partial charge in [0.05, 0.1) is 11.3 Å². The minimum Gasteiger partial charge on any atom is -0.323 e. The molecule has 2 heterocycles. The van der Waals surface area contributed by atoms with Crippen LogP contribution in [0.25, 0.3) is 0 Å². The Kier molecular flexibility index (Phi) is 4.61. The largest absolute Gasteiger partial charge is 0.331 e. The summed E-state index contributed by atoms with van der Waals surface area (Å²) in [6.07, 6.45) is 1.14. The van der Waals surface area contributed by atoms with Crippen molar-refractivity contribution < 1.29 is 4.79 Å². The molecular weight excluding hydrogens is 358 g/mol. The van der Waals surface area contributed by atoms with E-state index in [0.717, 1.165) is 4.57 Å². The van der Waals surface area contributed by atoms with E-state index >= 15 is 0 Å². The maximum Gasteiger partial charge on any atom is 0.331 e. The van der Waals surface area contributed by atoms with E-state index in [9.17, 15) is 19.6 Å². The highest BCUT2D eigenvalue weighted by molar-refractivity contribution is 6.31. The second-order valence-corrected chi connectivity index (χ2v) is 6.15. The number of fused-ring (bicyclic) bond motifs is 1. The predicted octanol–water partition coefficient (Wildman–Crippen LogP) is 0.992. The number of carbonyl (C=O) groups excluding carboxylic acids is 1. The molecule has 1 aliphatic rings. The fourth-order valence-electron chi connectivity index (χ4n) is 2.94. The number of carbonyl (C=O) groups is 1. The molecule has 1 aromatic heterocycles. The minimum atomic E-state index is -0.785. The van der Waals surface area contributed by atoms with Crippen LogP contribution >= 0.6 is 11.6 Å². The lowest BCUT2D eigenvalue weighted by Crippen LogP contribution is -2.44. The third-order valence-corrected chi connectivity index (χ3v) is 4.36. The van der Waals surface area contributed by atoms with Crippen LogP contribution in [0.15, 0.2) is 27.8 Å². The first-order chi connectivity index (χ1) is 12.5. The first kappa shape index (κ1) is 17.5. The third kappa shape index (κ3) is 2.99. The van der Waals surface area contributed by atoms with Crippen molar-refractivity contribution in [1.29, 1.82) is 10.5 Å². The fraction of sp³-hybridized carbons (Fsp3) is 0.235. The van der Waals surface area contributed by atoms with Gasteiger partial charge in [0.25, 0.3) is 5.56 Å². The normalized spacial score (nSPS) is 12.1. The molecule has 2 aromatic rings. The first-order valence-electron chi connectivity index (χ1n) is 7.72. The lowest BCUT2D eigenvalue weighted by atomic mass is 10.2. The van der Waals surface area contributed by atoms with Crippen LogP contribution in [0.4, 0.5) is 5.69 Å². The number of nitriles is 2. The maximum atomic E-state index is 12.5. The van der Waals surface area contributed by atoms with Crippen LogP contribution < -0.4 is 16.6 Å². The van der Waals surface area contributed by atoms with Gasteiger partial charge in [-0.1, -0.05) is 11.6 Å². The fourth-order valence-corrected chi connectivity index (χ4v) is 3.11. The summed E-state index contributed by atoms with van der Waals surface area (Å²) in [5, 5.41) is 21.1. The Hall–Kier alpha value is -3.36. The number of aromatic nitrogens is 2. The second kappa shape index (κ2) is 6.87. The SMILES string of the molecule is N#Cc1ccc(Cl)cc1NC(=O)Cn1c(=O)c(C#N)c2n(c1=O)CCC2. The van der Waals surface area contributed by atoms with E-state index in [1.54, 1.807) is 0 Å². The molecule has 1 aliphatic heterocycles. The topological polar surface area (TPSA) is 121 Å². The van der Waals surface area contributed by atoms with Gasteiger partial charge < -0.3 is 5.32 Å². The summed E-state index contributed by atoms with van der Waals surface area (Å²) in [5.41, 5.74) is -0.731. The Morgan fingerprint density at radius 3 is 2.73 bits per heavy atom. The number of hydrogen-bond donors (Lipinski definition) is 1. The number of amides is 1. The average Bonchev–Trinajstić information content (AvgIpc) is 3.09. The summed E-state index contributed by atoms with van der Waals surface area (Å²) < 4.78 is 2.09. The molecule has 0 saturated carbocycles. The van der Waals surface area contributed by atoms with Crippen LogP contribution in [0.3, 0.4) is 0 Å². The zero-order chi connectivity index (χ0) is 18.8. The number of anilines is 1. The standard InChI is InChI=1S/C17H12ClN5O3/c18-11-4-3-10(7-19)13(6-11)21-15(24)9-23-16(25)12(8-20)14-2-1-5-22(14)17(23)26/h3-4,6H,1-2,5,9H2,(H,21,24). The molecule has 130 valence electrons. The van der Waals surface area contributed by atoms with Crippen molar-refractivity contribution in [2.24, 2.45) is 0 Å². The molecule has 0 spiro atoms. The van der Waals surface area contributed by atoms with E-state index in [0.29, 0.717) is 30.1 Å². The molecule has 0 radical (unpaired) electrons. The summed E-state index contributed by atoms with van der Waals surface area (Å²) >= 11 is 5.87. The smallest absolute Gasteiger partial charge is 0.323 e. The van der Waals surface area contributed by atoms with Gasteiger partial charge in [-0.3, -0.25) is 14.2 Å². The lowest BCUT2D eigenvalue weighted by molar-refractivity contribution is -0.116. The van der Waals surface area contributed by atoms with Crippen LogP contribution in [0, 0.1) is 22.7 Å². The zero-order valence-electron chi connectivity index (χ0n) is 13.5. The van der Waals surface area contributed by atoms with Gasteiger partial charge in [-0.25, -0.2) is 9.36 Å². The molecule has 3 rings (SSSR count). The summed E-state index contributed by atoms with van der Waals surface area (Å²) in [4.78, 5) is 37.2. The van der Waals surface area contributed by atoms with Gasteiger partial charge in [0.2, 0.25) is 5.91 Å². The first-order valence-corrected chi connectivity index (χ1v) is 8.10. The van der Waals surface area contributed by atoms with Crippen LogP contribution in [0.1, 0.15) is 23.2 Å². The Balaban J connectivity index is 1.96. The van der Waals surface area contributed by atoms with Crippen molar-refractivity contribution in [3.63, 3.8) is 0 Å². The molecule has 9 heteroatoms. The summed E-state index contributed by atoms with van der Waals surface area (Å²) in [6, 6.07) is 8.10. The highest BCUT2D eigenvalue weighted by Crippen LogP contribution is 2.20. The monoisotopic (exact) mass is 369 g/mol. The zero-order valence-corrected chi connectivity index (χ0v) is 14.2. The Bertz CT molecular complexity index is 1120. The van der Waals surface area contributed by atoms with E-state index in [-0.39, 0.29) is 16.8 Å². The number of hydrogen-bond acceptors (Lipinski definition) is 5. The van der Waals surface area contributed by atoms with E-state index in [1.807, 2.05) is 12.1 Å². The van der Waals surface area contributed by atoms with Crippen molar-refractivity contribution >= 4 is 23.2 Å². The van der Waals surface area contributed by atoms with Crippen LogP contribution in [0.2, 0.25) is 5.02 Å². The van der Waals surface area contributed by atoms with Gasteiger partial charge >= 0.3 is 5.69 Å². The number of halogens is 1. The molecule has 0 saturated heterocycles. The Morgan fingerprint density at radius 2 is 2.04 bits per heavy atom. The molecule has 1 aromatic carbocycles. The van der Waals surface area contributed by atoms with Crippen LogP contribution in [0.5, 0.6) is 0 Å². The molecule has 0 aliphatic carbocycles. The molecule has 26 heavy (non-hydrogen) atoms. The molecule has 0 unspecified atom stereocenters. The number of benzene rings is 1. The van der Waals surface area contributed by atoms with Gasteiger partial charge in [0.1, 0.15) is 24.2 Å². The van der Waals surface area contributed by atoms with Gasteiger partial charge in [-0.15, -0.1) is 0 Å². The number of nitrogens with zero attached hydrogens (tertiary/aromatic N) is 4. The van der Waals surface area contributed by atoms with Crippen molar-refractivity contribution in [2.45, 2.75) is 25.9 Å². The van der Waals surface area contributed by atoms with Crippen molar-refractivity contribution in [3.05, 3.63) is 60.9 Å². The van der Waals surface area contributed by atoms with E-state index in [4.69, 9.17) is 16.9 Å². The summed E-state index contributed by atoms with van der Waals surface area (Å²) in [5.74, 6) is -0.676. The summed E-state index contributed by atoms with van der Waals surface area (Å²) in [6.45, 7) is -0.165. The highest BCUT2D eigenvalue weighted by Gasteiger charge is 2.23. The summed E-state index contributed by atoms with van der Waals surface area (Å²) in [7, 11) is 0. The third-order valence-electron chi connectivity index (χ3n) is 4.12. The van der Waals surface area contributed by atoms with E-state index in [1.165, 1.54) is 22.8 Å². The maximum absolute atomic E-state index is 12.5. The van der Waals surface area contributed by atoms with Crippen molar-refractivity contribution in [2.75, 3.05) is 5.32 Å². The predicted molar refractivity (Wildman–Crippen MR) is 92.8 cm³/mol. The highest BCUT2D eigenvalue weighted by atomic mass is 35.5. The van der Waals surface area contributed by atoms with Gasteiger partial charge in [-0.2, -0.15) is 10.5 Å². The molecular formula is C17H12ClN5O3. The minimum absolute atomic E-state index is 0.115. The van der Waals surface area contributed by atoms with Crippen molar-refractivity contribution in [3.8, 4) is 12.1 Å². The molecule has 0 bridgehead atoms. The Labute approximate surface area is 152 Å². The lowest BCUT2D eigenvalue weighted by Gasteiger charge is -2.12. The Morgan fingerprint density at radius 1 is 1.27 bits per heavy atom. The second-order valence-electron chi connectivity index (χ2n) is 5.71. The van der Waals surface area contributed by atoms with Crippen LogP contribution in [-0.2, 0) is 24.3 Å². The number of nitrogens with one attached hydrogen (secondary N) is 1. The molecule has 8 nitrogen and oxygen atoms in total. The molecule has 0 fully saturated rings. The quantitative estimate of drug-likeness (QED) is 0.864. The molecule has 1 amide bonds. The van der Waals surface area contributed by atoms with Crippen LogP contribution in [-0.4, -0.2) is 15.0 Å². The number of rotatable bonds is 3. The van der Waals surface area contributed by atoms with E-state index < -0.39 is 23.7 Å². The van der Waals surface area contributed by atoms with Gasteiger partial charge in [-0.05, 0) is 31.0 Å². The van der Waals surface area contributed by atoms with Gasteiger partial charge in [0.15, 0.2) is 0 Å².